The van der Waals surface area contributed by atoms with Gasteiger partial charge in [0, 0.05) is 32.1 Å². The largest absolute Gasteiger partial charge is 0.481 e. The molecule has 42 heavy (non-hydrogen) atoms. The molecule has 3 aromatic rings. The number of likely N-dealkylation sites (tertiary alicyclic amines) is 1. The Hall–Kier alpha value is -3.95. The summed E-state index contributed by atoms with van der Waals surface area (Å²) in [4.78, 5) is 40.5. The van der Waals surface area contributed by atoms with Gasteiger partial charge in [-0.25, -0.2) is 4.79 Å². The molecule has 12 heteroatoms. The molecule has 1 aromatic carbocycles. The average Bonchev–Trinajstić information content (AvgIpc) is 3.28. The van der Waals surface area contributed by atoms with E-state index in [1.807, 2.05) is 24.3 Å². The molecule has 0 unspecified atom stereocenters. The van der Waals surface area contributed by atoms with Crippen molar-refractivity contribution in [2.75, 3.05) is 38.5 Å². The van der Waals surface area contributed by atoms with Gasteiger partial charge in [0.15, 0.2) is 11.5 Å². The summed E-state index contributed by atoms with van der Waals surface area (Å²) in [6.45, 7) is 7.34. The smallest absolute Gasteiger partial charge is 0.327 e. The number of hydrogen-bond donors (Lipinski definition) is 3. The zero-order chi connectivity index (χ0) is 29.9. The first kappa shape index (κ1) is 31.0. The number of H-pyrrole nitrogens is 1. The summed E-state index contributed by atoms with van der Waals surface area (Å²) in [5.41, 5.74) is 8.55. The molecule has 12 nitrogen and oxygen atoms in total. The Kier molecular flexibility index (Phi) is 11.3. The van der Waals surface area contributed by atoms with Crippen LogP contribution in [0, 0.1) is 11.3 Å². The molecule has 4 rings (SSSR count). The number of aromatic nitrogens is 4. The van der Waals surface area contributed by atoms with Crippen molar-refractivity contribution in [2.24, 2.45) is 0 Å². The van der Waals surface area contributed by atoms with Crippen molar-refractivity contribution in [2.45, 2.75) is 77.4 Å². The van der Waals surface area contributed by atoms with Crippen LogP contribution in [0.2, 0.25) is 0 Å². The molecule has 1 aliphatic rings. The van der Waals surface area contributed by atoms with Gasteiger partial charge in [-0.05, 0) is 62.9 Å². The van der Waals surface area contributed by atoms with Gasteiger partial charge < -0.3 is 25.5 Å². The molecule has 1 saturated heterocycles. The van der Waals surface area contributed by atoms with Crippen LogP contribution in [0.25, 0.3) is 11.2 Å². The maximum atomic E-state index is 12.9. The SMILES string of the molecule is CCCCOc1nc(N)c2[nH]c(=O)n(CCCN(Cc3cccc(CC(=O)O)c3)C3CCN(CCCC#N)CC3)c2n1. The number of unbranched alkanes of at least 4 members (excludes halogenated alkanes) is 2. The molecular formula is C30H42N8O4. The van der Waals surface area contributed by atoms with Crippen molar-refractivity contribution in [1.82, 2.24) is 29.3 Å². The second kappa shape index (κ2) is 15.3. The van der Waals surface area contributed by atoms with Crippen LogP contribution in [0.3, 0.4) is 0 Å². The number of nitriles is 1. The van der Waals surface area contributed by atoms with E-state index in [-0.39, 0.29) is 23.9 Å². The van der Waals surface area contributed by atoms with Gasteiger partial charge in [-0.1, -0.05) is 37.6 Å². The molecule has 0 bridgehead atoms. The molecule has 2 aromatic heterocycles. The van der Waals surface area contributed by atoms with Gasteiger partial charge >= 0.3 is 17.7 Å². The number of nitrogen functional groups attached to an aromatic ring is 1. The predicted octanol–water partition coefficient (Wildman–Crippen LogP) is 3.17. The third-order valence-corrected chi connectivity index (χ3v) is 7.76. The summed E-state index contributed by atoms with van der Waals surface area (Å²) in [6, 6.07) is 10.5. The molecule has 3 heterocycles. The number of rotatable bonds is 16. The quantitative estimate of drug-likeness (QED) is 0.215. The normalized spacial score (nSPS) is 14.4. The van der Waals surface area contributed by atoms with E-state index in [0.717, 1.165) is 69.4 Å². The first-order chi connectivity index (χ1) is 20.4. The standard InChI is InChI=1S/C30H42N8O4/c1-2-3-18-42-29-34-27(32)26-28(35-29)38(30(41)33-26)15-7-14-37(21-23-9-6-8-22(19-23)20-25(39)40)24-10-16-36(17-11-24)13-5-4-12-31/h6,8-9,19,24H,2-5,7,10-11,13-18,20-21H2,1H3,(H,33,41)(H,39,40)(H2,32,34,35). The highest BCUT2D eigenvalue weighted by Crippen LogP contribution is 2.22. The van der Waals surface area contributed by atoms with E-state index in [0.29, 0.717) is 49.7 Å². The number of benzene rings is 1. The Morgan fingerprint density at radius 3 is 2.74 bits per heavy atom. The Morgan fingerprint density at radius 2 is 2.00 bits per heavy atom. The zero-order valence-electron chi connectivity index (χ0n) is 24.4. The van der Waals surface area contributed by atoms with Gasteiger partial charge in [0.2, 0.25) is 0 Å². The van der Waals surface area contributed by atoms with Crippen LogP contribution in [0.15, 0.2) is 29.1 Å². The number of carboxylic acid groups (broad SMARTS) is 1. The number of aliphatic carboxylic acids is 1. The predicted molar refractivity (Wildman–Crippen MR) is 160 cm³/mol. The monoisotopic (exact) mass is 578 g/mol. The van der Waals surface area contributed by atoms with E-state index in [4.69, 9.17) is 15.7 Å². The number of ether oxygens (including phenoxy) is 1. The number of anilines is 1. The van der Waals surface area contributed by atoms with Gasteiger partial charge in [0.1, 0.15) is 5.52 Å². The van der Waals surface area contributed by atoms with Gasteiger partial charge in [-0.3, -0.25) is 14.3 Å². The Bertz CT molecular complexity index is 1420. The van der Waals surface area contributed by atoms with E-state index in [1.54, 1.807) is 4.57 Å². The van der Waals surface area contributed by atoms with Crippen LogP contribution < -0.4 is 16.2 Å². The molecule has 0 amide bonds. The molecule has 0 spiro atoms. The number of piperidine rings is 1. The van der Waals surface area contributed by atoms with E-state index in [1.165, 1.54) is 0 Å². The van der Waals surface area contributed by atoms with Crippen LogP contribution >= 0.6 is 0 Å². The minimum Gasteiger partial charge on any atom is -0.481 e. The van der Waals surface area contributed by atoms with Crippen molar-refractivity contribution >= 4 is 23.0 Å². The zero-order valence-corrected chi connectivity index (χ0v) is 24.4. The molecule has 0 saturated carbocycles. The minimum atomic E-state index is -0.847. The average molecular weight is 579 g/mol. The maximum absolute atomic E-state index is 12.9. The molecule has 0 radical (unpaired) electrons. The van der Waals surface area contributed by atoms with Crippen LogP contribution in [0.4, 0.5) is 5.82 Å². The van der Waals surface area contributed by atoms with Crippen molar-refractivity contribution in [1.29, 1.82) is 5.26 Å². The number of fused-ring (bicyclic) bond motifs is 1. The molecule has 1 aliphatic heterocycles. The summed E-state index contributed by atoms with van der Waals surface area (Å²) in [5.74, 6) is -0.660. The van der Waals surface area contributed by atoms with Gasteiger partial charge in [0.25, 0.3) is 0 Å². The number of carbonyl (C=O) groups is 1. The first-order valence-corrected chi connectivity index (χ1v) is 14.9. The van der Waals surface area contributed by atoms with Gasteiger partial charge in [-0.15, -0.1) is 0 Å². The molecule has 0 atom stereocenters. The molecule has 4 N–H and O–H groups in total. The molecular weight excluding hydrogens is 536 g/mol. The van der Waals surface area contributed by atoms with Crippen LogP contribution in [-0.4, -0.2) is 79.2 Å². The van der Waals surface area contributed by atoms with Crippen LogP contribution in [-0.2, 0) is 24.3 Å². The van der Waals surface area contributed by atoms with Crippen molar-refractivity contribution in [3.8, 4) is 12.1 Å². The minimum absolute atomic E-state index is 0.00641. The number of hydrogen-bond acceptors (Lipinski definition) is 9. The lowest BCUT2D eigenvalue weighted by Gasteiger charge is -2.38. The highest BCUT2D eigenvalue weighted by Gasteiger charge is 2.25. The third kappa shape index (κ3) is 8.53. The molecule has 0 aliphatic carbocycles. The maximum Gasteiger partial charge on any atom is 0.327 e. The van der Waals surface area contributed by atoms with E-state index < -0.39 is 5.97 Å². The number of nitrogens with one attached hydrogen (secondary N) is 1. The molecule has 1 fully saturated rings. The summed E-state index contributed by atoms with van der Waals surface area (Å²) < 4.78 is 7.27. The summed E-state index contributed by atoms with van der Waals surface area (Å²) >= 11 is 0. The number of aromatic amines is 1. The second-order valence-corrected chi connectivity index (χ2v) is 10.9. The van der Waals surface area contributed by atoms with Crippen molar-refractivity contribution in [3.05, 3.63) is 45.9 Å². The number of aryl methyl sites for hydroxylation is 1. The Morgan fingerprint density at radius 1 is 1.21 bits per heavy atom. The van der Waals surface area contributed by atoms with Gasteiger partial charge in [-0.2, -0.15) is 15.2 Å². The topological polar surface area (TPSA) is 166 Å². The summed E-state index contributed by atoms with van der Waals surface area (Å²) in [5, 5.41) is 18.1. The lowest BCUT2D eigenvalue weighted by molar-refractivity contribution is -0.136. The van der Waals surface area contributed by atoms with E-state index in [2.05, 4.69) is 37.7 Å². The highest BCUT2D eigenvalue weighted by atomic mass is 16.5. The van der Waals surface area contributed by atoms with Crippen LogP contribution in [0.1, 0.15) is 63.0 Å². The number of nitrogens with zero attached hydrogens (tertiary/aromatic N) is 6. The summed E-state index contributed by atoms with van der Waals surface area (Å²) in [6.07, 6.45) is 6.04. The summed E-state index contributed by atoms with van der Waals surface area (Å²) in [7, 11) is 0. The lowest BCUT2D eigenvalue weighted by atomic mass is 10.0. The molecule has 226 valence electrons. The second-order valence-electron chi connectivity index (χ2n) is 10.9. The van der Waals surface area contributed by atoms with Crippen molar-refractivity contribution in [3.63, 3.8) is 0 Å². The van der Waals surface area contributed by atoms with Crippen LogP contribution in [0.5, 0.6) is 6.01 Å². The Balaban J connectivity index is 1.47. The number of imidazole rings is 1. The first-order valence-electron chi connectivity index (χ1n) is 14.9. The Labute approximate surface area is 246 Å². The lowest BCUT2D eigenvalue weighted by Crippen LogP contribution is -2.45. The third-order valence-electron chi connectivity index (χ3n) is 7.76. The van der Waals surface area contributed by atoms with Gasteiger partial charge in [0.05, 0.1) is 19.1 Å². The highest BCUT2D eigenvalue weighted by molar-refractivity contribution is 5.81. The van der Waals surface area contributed by atoms with E-state index in [9.17, 15) is 14.7 Å². The fraction of sp³-hybridized carbons (Fsp3) is 0.567. The fourth-order valence-corrected chi connectivity index (χ4v) is 5.57. The van der Waals surface area contributed by atoms with E-state index >= 15 is 0 Å². The number of nitrogens with two attached hydrogens (primary N) is 1. The fourth-order valence-electron chi connectivity index (χ4n) is 5.57. The number of carboxylic acids is 1. The van der Waals surface area contributed by atoms with Crippen molar-refractivity contribution < 1.29 is 14.6 Å².